The van der Waals surface area contributed by atoms with Gasteiger partial charge in [0.2, 0.25) is 0 Å². The lowest BCUT2D eigenvalue weighted by Gasteiger charge is -2.11. The van der Waals surface area contributed by atoms with E-state index in [1.54, 1.807) is 0 Å². The summed E-state index contributed by atoms with van der Waals surface area (Å²) in [7, 11) is -4.34. The van der Waals surface area contributed by atoms with Crippen molar-refractivity contribution in [1.29, 1.82) is 0 Å². The molecule has 1 aliphatic heterocycles. The normalized spacial score (nSPS) is 35.2. The van der Waals surface area contributed by atoms with Gasteiger partial charge in [-0.1, -0.05) is 6.92 Å². The van der Waals surface area contributed by atoms with Crippen LogP contribution in [0.5, 0.6) is 0 Å². The number of hydrogen-bond acceptors (Lipinski definition) is 3. The Balaban J connectivity index is 2.29. The van der Waals surface area contributed by atoms with E-state index in [1.165, 1.54) is 0 Å². The Hall–Kier alpha value is 0.0700. The van der Waals surface area contributed by atoms with Crippen LogP contribution in [0.1, 0.15) is 20.3 Å². The predicted molar refractivity (Wildman–Crippen MR) is 46.1 cm³/mol. The topological polar surface area (TPSA) is 76.0 Å². The third-order valence-corrected chi connectivity index (χ3v) is 2.76. The van der Waals surface area contributed by atoms with Crippen molar-refractivity contribution in [2.24, 2.45) is 5.92 Å². The molecule has 1 fully saturated rings. The number of phosphoric acid groups is 1. The zero-order chi connectivity index (χ0) is 10.1. The zero-order valence-electron chi connectivity index (χ0n) is 7.71. The summed E-state index contributed by atoms with van der Waals surface area (Å²) >= 11 is 0. The van der Waals surface area contributed by atoms with Crippen LogP contribution in [0.2, 0.25) is 0 Å². The van der Waals surface area contributed by atoms with Gasteiger partial charge in [-0.25, -0.2) is 4.57 Å². The van der Waals surface area contributed by atoms with Crippen LogP contribution >= 0.6 is 7.82 Å². The maximum atomic E-state index is 10.4. The molecule has 1 heterocycles. The van der Waals surface area contributed by atoms with Gasteiger partial charge in [0.1, 0.15) is 0 Å². The summed E-state index contributed by atoms with van der Waals surface area (Å²) in [6.07, 6.45) is 0.754. The Bertz CT molecular complexity index is 203. The first-order chi connectivity index (χ1) is 5.88. The van der Waals surface area contributed by atoms with E-state index in [4.69, 9.17) is 14.5 Å². The Morgan fingerprint density at radius 3 is 2.54 bits per heavy atom. The summed E-state index contributed by atoms with van der Waals surface area (Å²) in [6.45, 7) is 3.96. The fourth-order valence-corrected chi connectivity index (χ4v) is 1.75. The largest absolute Gasteiger partial charge is 0.469 e. The van der Waals surface area contributed by atoms with E-state index < -0.39 is 7.82 Å². The average molecular weight is 210 g/mol. The molecule has 1 aliphatic rings. The summed E-state index contributed by atoms with van der Waals surface area (Å²) < 4.78 is 20.1. The van der Waals surface area contributed by atoms with Crippen molar-refractivity contribution < 1.29 is 23.6 Å². The van der Waals surface area contributed by atoms with Gasteiger partial charge in [-0.15, -0.1) is 0 Å². The Labute approximate surface area is 77.3 Å². The highest BCUT2D eigenvalue weighted by Gasteiger charge is 2.30. The molecule has 0 aromatic rings. The monoisotopic (exact) mass is 210 g/mol. The fourth-order valence-electron chi connectivity index (χ4n) is 1.39. The summed E-state index contributed by atoms with van der Waals surface area (Å²) in [6, 6.07) is 0. The molecule has 0 saturated carbocycles. The minimum Gasteiger partial charge on any atom is -0.373 e. The zero-order valence-corrected chi connectivity index (χ0v) is 8.61. The van der Waals surface area contributed by atoms with E-state index in [1.807, 2.05) is 13.8 Å². The highest BCUT2D eigenvalue weighted by atomic mass is 31.2. The summed E-state index contributed by atoms with van der Waals surface area (Å²) in [4.78, 5) is 16.9. The third-order valence-electron chi connectivity index (χ3n) is 2.27. The molecule has 1 rings (SSSR count). The minimum atomic E-state index is -4.34. The van der Waals surface area contributed by atoms with Gasteiger partial charge in [0.15, 0.2) is 0 Å². The molecule has 13 heavy (non-hydrogen) atoms. The van der Waals surface area contributed by atoms with Gasteiger partial charge in [0.05, 0.1) is 18.8 Å². The van der Waals surface area contributed by atoms with Crippen molar-refractivity contribution in [1.82, 2.24) is 0 Å². The number of rotatable bonds is 3. The second kappa shape index (κ2) is 4.07. The smallest absolute Gasteiger partial charge is 0.373 e. The summed E-state index contributed by atoms with van der Waals surface area (Å²) in [5, 5.41) is 0. The van der Waals surface area contributed by atoms with Crippen LogP contribution in [-0.2, 0) is 13.8 Å². The molecule has 0 aromatic heterocycles. The van der Waals surface area contributed by atoms with Crippen LogP contribution < -0.4 is 0 Å². The van der Waals surface area contributed by atoms with Crippen molar-refractivity contribution in [2.45, 2.75) is 32.5 Å². The Morgan fingerprint density at radius 1 is 1.54 bits per heavy atom. The number of hydrogen-bond donors (Lipinski definition) is 2. The van der Waals surface area contributed by atoms with Gasteiger partial charge in [-0.2, -0.15) is 0 Å². The molecular weight excluding hydrogens is 195 g/mol. The van der Waals surface area contributed by atoms with Gasteiger partial charge < -0.3 is 14.5 Å². The molecular formula is C7H15O5P. The van der Waals surface area contributed by atoms with Crippen molar-refractivity contribution in [3.63, 3.8) is 0 Å². The van der Waals surface area contributed by atoms with Crippen LogP contribution in [0.15, 0.2) is 0 Å². The average Bonchev–Trinajstić information content (AvgIpc) is 2.27. The predicted octanol–water partition coefficient (Wildman–Crippen LogP) is 0.909. The Morgan fingerprint density at radius 2 is 2.15 bits per heavy atom. The van der Waals surface area contributed by atoms with Crippen LogP contribution in [0.3, 0.4) is 0 Å². The Kier molecular flexibility index (Phi) is 3.49. The number of ether oxygens (including phenoxy) is 1. The molecule has 6 heteroatoms. The molecule has 0 aromatic carbocycles. The highest BCUT2D eigenvalue weighted by Crippen LogP contribution is 2.37. The molecule has 3 atom stereocenters. The van der Waals surface area contributed by atoms with E-state index >= 15 is 0 Å². The minimum absolute atomic E-state index is 0.0288. The van der Waals surface area contributed by atoms with E-state index in [-0.39, 0.29) is 18.8 Å². The quantitative estimate of drug-likeness (QED) is 0.677. The molecule has 5 nitrogen and oxygen atoms in total. The van der Waals surface area contributed by atoms with Gasteiger partial charge in [0, 0.05) is 0 Å². The maximum Gasteiger partial charge on any atom is 0.469 e. The molecule has 0 radical (unpaired) electrons. The molecule has 0 amide bonds. The van der Waals surface area contributed by atoms with Gasteiger partial charge in [-0.3, -0.25) is 4.52 Å². The van der Waals surface area contributed by atoms with Crippen molar-refractivity contribution in [2.75, 3.05) is 6.61 Å². The van der Waals surface area contributed by atoms with Crippen LogP contribution in [-0.4, -0.2) is 28.6 Å². The molecule has 78 valence electrons. The summed E-state index contributed by atoms with van der Waals surface area (Å²) in [5.74, 6) is 0.422. The van der Waals surface area contributed by atoms with Gasteiger partial charge in [0.25, 0.3) is 0 Å². The van der Waals surface area contributed by atoms with Crippen LogP contribution in [0.4, 0.5) is 0 Å². The first-order valence-corrected chi connectivity index (χ1v) is 5.77. The second-order valence-corrected chi connectivity index (χ2v) is 4.70. The van der Waals surface area contributed by atoms with E-state index in [9.17, 15) is 4.57 Å². The molecule has 1 saturated heterocycles. The number of phosphoric ester groups is 1. The standard InChI is InChI=1S/C7H15O5P/c1-5-3-7(12-6(5)2)4-11-13(8,9)10/h5-7H,3-4H2,1-2H3,(H2,8,9,10)/t5?,6-,7-/m0/s1. The van der Waals surface area contributed by atoms with Gasteiger partial charge >= 0.3 is 7.82 Å². The van der Waals surface area contributed by atoms with Crippen molar-refractivity contribution in [3.8, 4) is 0 Å². The molecule has 0 bridgehead atoms. The summed E-state index contributed by atoms with van der Waals surface area (Å²) in [5.41, 5.74) is 0. The third kappa shape index (κ3) is 3.75. The van der Waals surface area contributed by atoms with Crippen molar-refractivity contribution in [3.05, 3.63) is 0 Å². The molecule has 1 unspecified atom stereocenters. The van der Waals surface area contributed by atoms with Gasteiger partial charge in [-0.05, 0) is 19.3 Å². The molecule has 2 N–H and O–H groups in total. The van der Waals surface area contributed by atoms with Crippen LogP contribution in [0, 0.1) is 5.92 Å². The second-order valence-electron chi connectivity index (χ2n) is 3.46. The lowest BCUT2D eigenvalue weighted by Crippen LogP contribution is -2.14. The fraction of sp³-hybridized carbons (Fsp3) is 1.00. The lowest BCUT2D eigenvalue weighted by molar-refractivity contribution is 0.0140. The lowest BCUT2D eigenvalue weighted by atomic mass is 10.0. The first-order valence-electron chi connectivity index (χ1n) is 4.24. The van der Waals surface area contributed by atoms with E-state index in [0.29, 0.717) is 5.92 Å². The van der Waals surface area contributed by atoms with E-state index in [2.05, 4.69) is 4.52 Å². The molecule has 0 spiro atoms. The van der Waals surface area contributed by atoms with Crippen LogP contribution in [0.25, 0.3) is 0 Å². The van der Waals surface area contributed by atoms with Crippen molar-refractivity contribution >= 4 is 7.82 Å². The van der Waals surface area contributed by atoms with E-state index in [0.717, 1.165) is 6.42 Å². The molecule has 0 aliphatic carbocycles. The maximum absolute atomic E-state index is 10.4. The first kappa shape index (κ1) is 11.1. The SMILES string of the molecule is CC1C[C@@H](COP(=O)(O)O)O[C@H]1C. The highest BCUT2D eigenvalue weighted by molar-refractivity contribution is 7.46.